The zero-order valence-electron chi connectivity index (χ0n) is 2.65. The smallest absolute Gasteiger partial charge is 0.214 e. The largest absolute Gasteiger partial charge is 0.233 e. The number of hydrogen-bond donors (Lipinski definition) is 0. The minimum absolute atomic E-state index is 0. The predicted octanol–water partition coefficient (Wildman–Crippen LogP) is -1.01. The van der Waals surface area contributed by atoms with Gasteiger partial charge in [0.05, 0.1) is 0 Å². The third-order valence-electron chi connectivity index (χ3n) is 0. The van der Waals surface area contributed by atoms with Crippen LogP contribution in [0.15, 0.2) is 0 Å². The van der Waals surface area contributed by atoms with E-state index in [4.69, 9.17) is 5.26 Å². The van der Waals surface area contributed by atoms with Crippen molar-refractivity contribution >= 4 is 37.4 Å². The van der Waals surface area contributed by atoms with E-state index in [0.29, 0.717) is 0 Å². The molecule has 0 aliphatic heterocycles. The van der Waals surface area contributed by atoms with Crippen LogP contribution in [0.25, 0.3) is 0 Å². The van der Waals surface area contributed by atoms with Crippen molar-refractivity contribution in [2.24, 2.45) is 0 Å². The Labute approximate surface area is 48.7 Å². The second-order valence-corrected chi connectivity index (χ2v) is 0.158. The molecule has 0 N–H and O–H groups in total. The fourth-order valence-electron chi connectivity index (χ4n) is 0. The summed E-state index contributed by atoms with van der Waals surface area (Å²) in [5, 5.41) is 7.21. The van der Waals surface area contributed by atoms with E-state index in [-0.39, 0.29) is 29.6 Å². The Morgan fingerprint density at radius 1 is 1.75 bits per heavy atom. The molecule has 0 spiro atoms. The van der Waals surface area contributed by atoms with Crippen LogP contribution in [0.5, 0.6) is 0 Å². The summed E-state index contributed by atoms with van der Waals surface area (Å²) in [6.07, 6.45) is 0. The van der Waals surface area contributed by atoms with E-state index in [1.54, 1.807) is 0 Å². The molecule has 0 amide bonds. The Bertz CT molecular complexity index is 29.5. The molecular formula is CHBNNa. The summed E-state index contributed by atoms with van der Waals surface area (Å²) in [5.41, 5.74) is 0. The van der Waals surface area contributed by atoms with Gasteiger partial charge in [-0.1, -0.05) is 0 Å². The summed E-state index contributed by atoms with van der Waals surface area (Å²) in [6, 6.07) is 0. The standard InChI is InChI=1S/CHBN.Na/c2-1-3;/h2H;. The van der Waals surface area contributed by atoms with Crippen LogP contribution in [-0.2, 0) is 0 Å². The number of nitriles is 1. The average molecular weight is 60.8 g/mol. The van der Waals surface area contributed by atoms with E-state index >= 15 is 0 Å². The van der Waals surface area contributed by atoms with E-state index < -0.39 is 0 Å². The zero-order chi connectivity index (χ0) is 2.71. The molecule has 0 saturated heterocycles. The molecule has 0 aromatic heterocycles. The van der Waals surface area contributed by atoms with Gasteiger partial charge in [0.2, 0.25) is 7.85 Å². The van der Waals surface area contributed by atoms with Crippen molar-refractivity contribution in [3.8, 4) is 5.97 Å². The van der Waals surface area contributed by atoms with Gasteiger partial charge in [-0.3, -0.25) is 0 Å². The Morgan fingerprint density at radius 3 is 1.75 bits per heavy atom. The van der Waals surface area contributed by atoms with Crippen molar-refractivity contribution in [3.05, 3.63) is 0 Å². The summed E-state index contributed by atoms with van der Waals surface area (Å²) in [7, 11) is 2.79. The molecule has 1 nitrogen and oxygen atoms in total. The zero-order valence-corrected chi connectivity index (χ0v) is 4.65. The molecule has 0 bridgehead atoms. The fourth-order valence-corrected chi connectivity index (χ4v) is 0. The first kappa shape index (κ1) is 8.82. The molecule has 0 rings (SSSR count). The third kappa shape index (κ3) is 20.1. The second-order valence-electron chi connectivity index (χ2n) is 0.158. The third-order valence-corrected chi connectivity index (χ3v) is 0. The quantitative estimate of drug-likeness (QED) is 0.329. The van der Waals surface area contributed by atoms with Gasteiger partial charge in [0.1, 0.15) is 0 Å². The Morgan fingerprint density at radius 2 is 1.75 bits per heavy atom. The van der Waals surface area contributed by atoms with Crippen molar-refractivity contribution in [1.82, 2.24) is 0 Å². The summed E-state index contributed by atoms with van der Waals surface area (Å²) in [4.78, 5) is 0. The molecule has 0 aromatic rings. The van der Waals surface area contributed by atoms with Gasteiger partial charge >= 0.3 is 0 Å². The van der Waals surface area contributed by atoms with Crippen LogP contribution in [-0.4, -0.2) is 37.4 Å². The first-order chi connectivity index (χ1) is 1.41. The van der Waals surface area contributed by atoms with Crippen molar-refractivity contribution in [1.29, 1.82) is 5.26 Å². The maximum atomic E-state index is 7.21. The topological polar surface area (TPSA) is 23.8 Å². The molecule has 0 aromatic carbocycles. The number of hydrogen-bond acceptors (Lipinski definition) is 1. The Hall–Kier alpha value is 0.555. The monoisotopic (exact) mass is 61.0 g/mol. The van der Waals surface area contributed by atoms with Gasteiger partial charge in [-0.15, -0.1) is 0 Å². The molecule has 0 fully saturated rings. The summed E-state index contributed by atoms with van der Waals surface area (Å²) < 4.78 is 0. The van der Waals surface area contributed by atoms with Crippen LogP contribution >= 0.6 is 0 Å². The normalized spacial score (nSPS) is 1.75. The molecule has 14 valence electrons. The van der Waals surface area contributed by atoms with Crippen LogP contribution in [0, 0.1) is 11.2 Å². The molecule has 2 radical (unpaired) electrons. The van der Waals surface area contributed by atoms with E-state index in [9.17, 15) is 0 Å². The van der Waals surface area contributed by atoms with E-state index in [1.165, 1.54) is 5.97 Å². The maximum Gasteiger partial charge on any atom is 0.233 e. The average Bonchev–Trinajstić information content (AvgIpc) is 0.918. The van der Waals surface area contributed by atoms with Crippen LogP contribution in [0.3, 0.4) is 0 Å². The first-order valence-electron chi connectivity index (χ1n) is 0.577. The van der Waals surface area contributed by atoms with E-state index in [1.807, 2.05) is 0 Å². The number of nitrogens with zero attached hydrogens (tertiary/aromatic N) is 1. The van der Waals surface area contributed by atoms with Gasteiger partial charge < -0.3 is 0 Å². The number of rotatable bonds is 0. The van der Waals surface area contributed by atoms with E-state index in [0.717, 1.165) is 0 Å². The van der Waals surface area contributed by atoms with E-state index in [2.05, 4.69) is 7.85 Å². The minimum atomic E-state index is 0. The first-order valence-corrected chi connectivity index (χ1v) is 0.577. The van der Waals surface area contributed by atoms with Gasteiger partial charge in [-0.2, -0.15) is 0 Å². The van der Waals surface area contributed by atoms with Crippen LogP contribution in [0.2, 0.25) is 0 Å². The predicted molar refractivity (Wildman–Crippen MR) is 18.5 cm³/mol. The molecular weight excluding hydrogens is 59.8 g/mol. The fraction of sp³-hybridized carbons (Fsp3) is 0. The molecule has 0 unspecified atom stereocenters. The van der Waals surface area contributed by atoms with Gasteiger partial charge in [-0.25, -0.2) is 5.26 Å². The maximum absolute atomic E-state index is 7.21. The van der Waals surface area contributed by atoms with Crippen molar-refractivity contribution in [3.63, 3.8) is 0 Å². The molecule has 4 heavy (non-hydrogen) atoms. The molecule has 0 saturated carbocycles. The van der Waals surface area contributed by atoms with Gasteiger partial charge in [0.25, 0.3) is 0 Å². The van der Waals surface area contributed by atoms with Gasteiger partial charge in [0.15, 0.2) is 0 Å². The Kier molecular flexibility index (Phi) is 21.2. The molecule has 0 atom stereocenters. The summed E-state index contributed by atoms with van der Waals surface area (Å²) >= 11 is 0. The summed E-state index contributed by atoms with van der Waals surface area (Å²) in [6.45, 7) is 0. The van der Waals surface area contributed by atoms with Gasteiger partial charge in [-0.05, 0) is 5.97 Å². The molecule has 0 heterocycles. The minimum Gasteiger partial charge on any atom is -0.214 e. The van der Waals surface area contributed by atoms with Gasteiger partial charge in [0, 0.05) is 29.6 Å². The van der Waals surface area contributed by atoms with Crippen molar-refractivity contribution < 1.29 is 0 Å². The van der Waals surface area contributed by atoms with Crippen LogP contribution < -0.4 is 0 Å². The SMILES string of the molecule is [BH]C#N.[Na]. The van der Waals surface area contributed by atoms with Crippen molar-refractivity contribution in [2.45, 2.75) is 0 Å². The van der Waals surface area contributed by atoms with Crippen LogP contribution in [0.4, 0.5) is 0 Å². The molecule has 3 heteroatoms. The van der Waals surface area contributed by atoms with Crippen LogP contribution in [0.1, 0.15) is 0 Å². The molecule has 0 aliphatic rings. The second kappa shape index (κ2) is 9.60. The summed E-state index contributed by atoms with van der Waals surface area (Å²) in [5.74, 6) is 1.50. The Balaban J connectivity index is 0. The van der Waals surface area contributed by atoms with Crippen molar-refractivity contribution in [2.75, 3.05) is 0 Å². The molecule has 0 aliphatic carbocycles.